The van der Waals surface area contributed by atoms with Crippen molar-refractivity contribution in [3.63, 3.8) is 0 Å². The Hall–Kier alpha value is -3.89. The monoisotopic (exact) mass is 406 g/mol. The number of nitrogens with zero attached hydrogens (tertiary/aromatic N) is 5. The second-order valence-corrected chi connectivity index (χ2v) is 6.59. The Morgan fingerprint density at radius 1 is 1.13 bits per heavy atom. The standard InChI is InChI=1S/C20H18N6O4/c27-11-17(19(28)14-6-8-15(9-7-14)26(29)30)23-18-10-16(13-4-2-1-3-5-13)24-20-21-12-22-25(18)20/h1-10,12,17,19,23,27-28H,11H2. The van der Waals surface area contributed by atoms with Crippen molar-refractivity contribution in [2.45, 2.75) is 12.1 Å². The SMILES string of the molecule is O=[N+]([O-])c1ccc(C(O)C(CO)Nc2cc(-c3ccccc3)nc3ncnn23)cc1. The molecule has 0 aliphatic heterocycles. The number of hydrogen-bond donors (Lipinski definition) is 3. The summed E-state index contributed by atoms with van der Waals surface area (Å²) in [4.78, 5) is 18.9. The van der Waals surface area contributed by atoms with Crippen LogP contribution in [0.2, 0.25) is 0 Å². The molecule has 30 heavy (non-hydrogen) atoms. The molecule has 0 saturated heterocycles. The first-order valence-electron chi connectivity index (χ1n) is 9.13. The lowest BCUT2D eigenvalue weighted by molar-refractivity contribution is -0.384. The van der Waals surface area contributed by atoms with Crippen molar-refractivity contribution < 1.29 is 15.1 Å². The molecule has 0 aliphatic carbocycles. The number of fused-ring (bicyclic) bond motifs is 1. The quantitative estimate of drug-likeness (QED) is 0.314. The normalized spacial score (nSPS) is 13.1. The number of nitro groups is 1. The molecule has 2 heterocycles. The van der Waals surface area contributed by atoms with Crippen LogP contribution in [0.4, 0.5) is 11.5 Å². The topological polar surface area (TPSA) is 139 Å². The number of non-ortho nitro benzene ring substituents is 1. The first kappa shape index (κ1) is 19.4. The van der Waals surface area contributed by atoms with Gasteiger partial charge in [-0.25, -0.2) is 4.98 Å². The van der Waals surface area contributed by atoms with Crippen LogP contribution in [0.1, 0.15) is 11.7 Å². The van der Waals surface area contributed by atoms with Crippen molar-refractivity contribution in [2.24, 2.45) is 0 Å². The number of rotatable bonds is 7. The molecule has 0 fully saturated rings. The fourth-order valence-electron chi connectivity index (χ4n) is 3.11. The zero-order valence-electron chi connectivity index (χ0n) is 15.7. The molecule has 2 aromatic carbocycles. The minimum atomic E-state index is -1.12. The molecule has 10 nitrogen and oxygen atoms in total. The second kappa shape index (κ2) is 8.23. The molecule has 4 aromatic rings. The van der Waals surface area contributed by atoms with Crippen molar-refractivity contribution in [2.75, 3.05) is 11.9 Å². The Morgan fingerprint density at radius 3 is 2.53 bits per heavy atom. The van der Waals surface area contributed by atoms with Crippen LogP contribution >= 0.6 is 0 Å². The molecule has 152 valence electrons. The second-order valence-electron chi connectivity index (χ2n) is 6.59. The van der Waals surface area contributed by atoms with Gasteiger partial charge in [-0.05, 0) is 17.7 Å². The maximum absolute atomic E-state index is 10.8. The van der Waals surface area contributed by atoms with E-state index in [-0.39, 0.29) is 5.69 Å². The van der Waals surface area contributed by atoms with E-state index in [9.17, 15) is 20.3 Å². The van der Waals surface area contributed by atoms with Crippen molar-refractivity contribution in [3.05, 3.63) is 82.7 Å². The van der Waals surface area contributed by atoms with Gasteiger partial charge < -0.3 is 15.5 Å². The summed E-state index contributed by atoms with van der Waals surface area (Å²) in [6.45, 7) is -0.392. The molecule has 4 rings (SSSR count). The molecular formula is C20H18N6O4. The van der Waals surface area contributed by atoms with E-state index < -0.39 is 23.7 Å². The first-order chi connectivity index (χ1) is 14.6. The molecule has 3 N–H and O–H groups in total. The molecule has 0 radical (unpaired) electrons. The van der Waals surface area contributed by atoms with E-state index in [1.54, 1.807) is 6.07 Å². The molecule has 2 unspecified atom stereocenters. The average Bonchev–Trinajstić information content (AvgIpc) is 3.26. The van der Waals surface area contributed by atoms with Gasteiger partial charge in [-0.1, -0.05) is 30.3 Å². The number of hydrogen-bond acceptors (Lipinski definition) is 8. The Morgan fingerprint density at radius 2 is 1.87 bits per heavy atom. The van der Waals surface area contributed by atoms with Crippen LogP contribution < -0.4 is 5.32 Å². The van der Waals surface area contributed by atoms with Crippen molar-refractivity contribution >= 4 is 17.3 Å². The zero-order chi connectivity index (χ0) is 21.1. The summed E-state index contributed by atoms with van der Waals surface area (Å²) in [5.41, 5.74) is 1.88. The lowest BCUT2D eigenvalue weighted by Crippen LogP contribution is -2.32. The third kappa shape index (κ3) is 3.81. The Bertz CT molecular complexity index is 1160. The van der Waals surface area contributed by atoms with Gasteiger partial charge in [0.15, 0.2) is 0 Å². The van der Waals surface area contributed by atoms with Gasteiger partial charge in [-0.2, -0.15) is 14.6 Å². The third-order valence-electron chi connectivity index (χ3n) is 4.68. The molecule has 0 saturated carbocycles. The Labute approximate surface area is 170 Å². The highest BCUT2D eigenvalue weighted by Crippen LogP contribution is 2.25. The van der Waals surface area contributed by atoms with E-state index in [4.69, 9.17) is 0 Å². The van der Waals surface area contributed by atoms with Crippen LogP contribution in [0.15, 0.2) is 67.0 Å². The smallest absolute Gasteiger partial charge is 0.269 e. The highest BCUT2D eigenvalue weighted by atomic mass is 16.6. The van der Waals surface area contributed by atoms with Gasteiger partial charge >= 0.3 is 0 Å². The van der Waals surface area contributed by atoms with E-state index in [0.717, 1.165) is 5.56 Å². The number of anilines is 1. The summed E-state index contributed by atoms with van der Waals surface area (Å²) in [5, 5.41) is 38.7. The van der Waals surface area contributed by atoms with Crippen LogP contribution in [-0.2, 0) is 0 Å². The number of aliphatic hydroxyl groups is 2. The molecule has 0 spiro atoms. The van der Waals surface area contributed by atoms with Crippen LogP contribution in [-0.4, -0.2) is 47.4 Å². The van der Waals surface area contributed by atoms with Gasteiger partial charge in [-0.3, -0.25) is 10.1 Å². The molecule has 0 amide bonds. The van der Waals surface area contributed by atoms with Crippen LogP contribution in [0.3, 0.4) is 0 Å². The van der Waals surface area contributed by atoms with Crippen LogP contribution in [0.25, 0.3) is 17.0 Å². The first-order valence-corrected chi connectivity index (χ1v) is 9.13. The van der Waals surface area contributed by atoms with E-state index >= 15 is 0 Å². The highest BCUT2D eigenvalue weighted by Gasteiger charge is 2.23. The molecule has 0 aliphatic rings. The van der Waals surface area contributed by atoms with Crippen molar-refractivity contribution in [1.82, 2.24) is 19.6 Å². The van der Waals surface area contributed by atoms with E-state index in [0.29, 0.717) is 22.9 Å². The maximum Gasteiger partial charge on any atom is 0.269 e. The number of nitrogens with one attached hydrogen (secondary N) is 1. The van der Waals surface area contributed by atoms with Gasteiger partial charge in [0.2, 0.25) is 0 Å². The van der Waals surface area contributed by atoms with Crippen molar-refractivity contribution in [3.8, 4) is 11.3 Å². The maximum atomic E-state index is 10.8. The van der Waals surface area contributed by atoms with Crippen LogP contribution in [0, 0.1) is 10.1 Å². The Balaban J connectivity index is 1.66. The Kier molecular flexibility index (Phi) is 5.33. The predicted octanol–water partition coefficient (Wildman–Crippen LogP) is 2.21. The minimum Gasteiger partial charge on any atom is -0.394 e. The van der Waals surface area contributed by atoms with E-state index in [1.165, 1.54) is 35.1 Å². The summed E-state index contributed by atoms with van der Waals surface area (Å²) < 4.78 is 1.47. The lowest BCUT2D eigenvalue weighted by Gasteiger charge is -2.24. The lowest BCUT2D eigenvalue weighted by atomic mass is 10.0. The number of nitro benzene ring substituents is 1. The summed E-state index contributed by atoms with van der Waals surface area (Å²) >= 11 is 0. The number of aromatic nitrogens is 4. The molecule has 0 bridgehead atoms. The summed E-state index contributed by atoms with van der Waals surface area (Å²) in [5.74, 6) is 0.844. The predicted molar refractivity (Wildman–Crippen MR) is 109 cm³/mol. The van der Waals surface area contributed by atoms with Gasteiger partial charge in [-0.15, -0.1) is 0 Å². The van der Waals surface area contributed by atoms with Gasteiger partial charge in [0, 0.05) is 23.8 Å². The van der Waals surface area contributed by atoms with Crippen LogP contribution in [0.5, 0.6) is 0 Å². The van der Waals surface area contributed by atoms with Crippen molar-refractivity contribution in [1.29, 1.82) is 0 Å². The van der Waals surface area contributed by atoms with E-state index in [2.05, 4.69) is 20.4 Å². The van der Waals surface area contributed by atoms with Gasteiger partial charge in [0.25, 0.3) is 11.5 Å². The molecule has 10 heteroatoms. The largest absolute Gasteiger partial charge is 0.394 e. The minimum absolute atomic E-state index is 0.0783. The van der Waals surface area contributed by atoms with Gasteiger partial charge in [0.1, 0.15) is 18.2 Å². The average molecular weight is 406 g/mol. The number of aliphatic hydroxyl groups excluding tert-OH is 2. The fourth-order valence-corrected chi connectivity index (χ4v) is 3.11. The number of benzene rings is 2. The zero-order valence-corrected chi connectivity index (χ0v) is 15.7. The summed E-state index contributed by atoms with van der Waals surface area (Å²) in [6.07, 6.45) is 0.242. The van der Waals surface area contributed by atoms with Gasteiger partial charge in [0.05, 0.1) is 23.3 Å². The molecule has 2 atom stereocenters. The summed E-state index contributed by atoms with van der Waals surface area (Å²) in [7, 11) is 0. The summed E-state index contributed by atoms with van der Waals surface area (Å²) in [6, 6.07) is 16.0. The van der Waals surface area contributed by atoms with E-state index in [1.807, 2.05) is 30.3 Å². The molecular weight excluding hydrogens is 388 g/mol. The third-order valence-corrected chi connectivity index (χ3v) is 4.68. The fraction of sp³-hybridized carbons (Fsp3) is 0.150. The molecule has 2 aromatic heterocycles. The highest BCUT2D eigenvalue weighted by molar-refractivity contribution is 5.65.